The summed E-state index contributed by atoms with van der Waals surface area (Å²) in [5.41, 5.74) is 1.40. The Kier molecular flexibility index (Phi) is 5.81. The molecular weight excluding hydrogens is 360 g/mol. The van der Waals surface area contributed by atoms with Crippen LogP contribution in [0.15, 0.2) is 5.16 Å². The van der Waals surface area contributed by atoms with Crippen molar-refractivity contribution in [2.45, 2.75) is 71.6 Å². The van der Waals surface area contributed by atoms with Gasteiger partial charge in [0.15, 0.2) is 0 Å². The summed E-state index contributed by atoms with van der Waals surface area (Å²) in [5, 5.41) is 7.64. The average Bonchev–Trinajstić information content (AvgIpc) is 3.02. The van der Waals surface area contributed by atoms with Crippen molar-refractivity contribution in [2.75, 3.05) is 20.2 Å². The number of oxime groups is 1. The number of nitrogens with one attached hydrogen (secondary N) is 1. The van der Waals surface area contributed by atoms with E-state index in [0.717, 1.165) is 57.9 Å². The summed E-state index contributed by atoms with van der Waals surface area (Å²) in [6.45, 7) is 6.38. The van der Waals surface area contributed by atoms with Gasteiger partial charge < -0.3 is 10.2 Å². The van der Waals surface area contributed by atoms with Crippen LogP contribution in [0.3, 0.4) is 0 Å². The van der Waals surface area contributed by atoms with Crippen LogP contribution in [0.25, 0.3) is 0 Å². The summed E-state index contributed by atoms with van der Waals surface area (Å²) in [6, 6.07) is 0. The highest BCUT2D eigenvalue weighted by molar-refractivity contribution is 5.87. The van der Waals surface area contributed by atoms with Crippen molar-refractivity contribution in [3.63, 3.8) is 0 Å². The second-order valence-corrected chi connectivity index (χ2v) is 10.6. The van der Waals surface area contributed by atoms with Crippen molar-refractivity contribution in [3.8, 4) is 12.3 Å². The third-order valence-electron chi connectivity index (χ3n) is 9.33. The third-order valence-corrected chi connectivity index (χ3v) is 9.33. The quantitative estimate of drug-likeness (QED) is 0.423. The zero-order chi connectivity index (χ0) is 20.6. The molecule has 0 radical (unpaired) electrons. The molecule has 4 rings (SSSR count). The first-order chi connectivity index (χ1) is 13.9. The van der Waals surface area contributed by atoms with E-state index in [-0.39, 0.29) is 10.8 Å². The highest BCUT2D eigenvalue weighted by Gasteiger charge is 2.61. The van der Waals surface area contributed by atoms with Gasteiger partial charge in [-0.3, -0.25) is 4.79 Å². The van der Waals surface area contributed by atoms with Crippen molar-refractivity contribution in [2.24, 2.45) is 45.6 Å². The topological polar surface area (TPSA) is 50.7 Å². The summed E-state index contributed by atoms with van der Waals surface area (Å²) in [7, 11) is 1.96. The molecule has 0 aromatic rings. The lowest BCUT2D eigenvalue weighted by molar-refractivity contribution is -0.139. The lowest BCUT2D eigenvalue weighted by atomic mass is 9.43. The zero-order valence-corrected chi connectivity index (χ0v) is 18.5. The third kappa shape index (κ3) is 3.44. The standard InChI is InChI=1S/C25H38N2O2/c1-5-17-15-19-20-7-8-23(28)25(20,3)12-10-21(19)24(2)11-9-18(16-22(17)24)27-29-14-6-13-26-4/h1,17,19-22,26H,6-16H2,2-4H3/t17-,19-,20-,21-,22?,24+,25-/m0/s1. The molecule has 4 saturated carbocycles. The second kappa shape index (κ2) is 8.06. The molecule has 0 spiro atoms. The summed E-state index contributed by atoms with van der Waals surface area (Å²) < 4.78 is 0. The van der Waals surface area contributed by atoms with E-state index in [1.54, 1.807) is 0 Å². The molecule has 1 N–H and O–H groups in total. The maximum Gasteiger partial charge on any atom is 0.139 e. The number of carbonyl (C=O) groups is 1. The molecule has 0 saturated heterocycles. The van der Waals surface area contributed by atoms with Crippen molar-refractivity contribution in [3.05, 3.63) is 0 Å². The van der Waals surface area contributed by atoms with Crippen molar-refractivity contribution >= 4 is 11.5 Å². The SMILES string of the molecule is C#C[C@H]1C[C@@H]2[C@H](CC[C@]3(C)C(=O)CC[C@@H]23)[C@@]2(C)CCC(=NOCCCNC)CC12. The Labute approximate surface area is 176 Å². The minimum absolute atomic E-state index is 0.0774. The number of ketones is 1. The van der Waals surface area contributed by atoms with Gasteiger partial charge in [0.1, 0.15) is 12.4 Å². The van der Waals surface area contributed by atoms with Gasteiger partial charge in [-0.15, -0.1) is 12.3 Å². The summed E-state index contributed by atoms with van der Waals surface area (Å²) >= 11 is 0. The van der Waals surface area contributed by atoms with Crippen LogP contribution in [0.1, 0.15) is 71.6 Å². The number of rotatable bonds is 5. The van der Waals surface area contributed by atoms with E-state index < -0.39 is 0 Å². The molecule has 4 heteroatoms. The molecule has 0 bridgehead atoms. The van der Waals surface area contributed by atoms with Gasteiger partial charge in [0.2, 0.25) is 0 Å². The molecular formula is C25H38N2O2. The summed E-state index contributed by atoms with van der Waals surface area (Å²) in [6.07, 6.45) is 15.5. The number of fused-ring (bicyclic) bond motifs is 5. The first-order valence-corrected chi connectivity index (χ1v) is 11.8. The molecule has 4 aliphatic carbocycles. The van der Waals surface area contributed by atoms with Crippen LogP contribution < -0.4 is 5.32 Å². The fourth-order valence-electron chi connectivity index (χ4n) is 7.63. The van der Waals surface area contributed by atoms with Gasteiger partial charge in [0.25, 0.3) is 0 Å². The minimum atomic E-state index is -0.0774. The van der Waals surface area contributed by atoms with E-state index in [4.69, 9.17) is 11.3 Å². The Morgan fingerprint density at radius 2 is 2.03 bits per heavy atom. The smallest absolute Gasteiger partial charge is 0.139 e. The van der Waals surface area contributed by atoms with Crippen molar-refractivity contribution < 1.29 is 9.63 Å². The summed E-state index contributed by atoms with van der Waals surface area (Å²) in [4.78, 5) is 18.3. The van der Waals surface area contributed by atoms with E-state index in [1.165, 1.54) is 12.1 Å². The predicted molar refractivity (Wildman–Crippen MR) is 116 cm³/mol. The molecule has 160 valence electrons. The predicted octanol–water partition coefficient (Wildman–Crippen LogP) is 4.44. The number of hydrogen-bond acceptors (Lipinski definition) is 4. The average molecular weight is 399 g/mol. The van der Waals surface area contributed by atoms with Crippen LogP contribution in [-0.2, 0) is 9.63 Å². The maximum absolute atomic E-state index is 12.7. The highest BCUT2D eigenvalue weighted by atomic mass is 16.6. The van der Waals surface area contributed by atoms with Gasteiger partial charge >= 0.3 is 0 Å². The first kappa shape index (κ1) is 20.9. The van der Waals surface area contributed by atoms with Gasteiger partial charge in [-0.05, 0) is 94.0 Å². The number of nitrogens with zero attached hydrogens (tertiary/aromatic N) is 1. The van der Waals surface area contributed by atoms with E-state index in [1.807, 2.05) is 7.05 Å². The molecule has 1 unspecified atom stereocenters. The Morgan fingerprint density at radius 3 is 2.79 bits per heavy atom. The lowest BCUT2D eigenvalue weighted by Crippen LogP contribution is -2.56. The van der Waals surface area contributed by atoms with Crippen LogP contribution in [0.4, 0.5) is 0 Å². The molecule has 0 aromatic heterocycles. The van der Waals surface area contributed by atoms with Crippen LogP contribution >= 0.6 is 0 Å². The molecule has 7 atom stereocenters. The number of carbonyl (C=O) groups excluding carboxylic acids is 1. The second-order valence-electron chi connectivity index (χ2n) is 10.6. The van der Waals surface area contributed by atoms with Gasteiger partial charge in [0, 0.05) is 17.8 Å². The molecule has 4 nitrogen and oxygen atoms in total. The van der Waals surface area contributed by atoms with Crippen LogP contribution in [0.5, 0.6) is 0 Å². The van der Waals surface area contributed by atoms with Gasteiger partial charge in [0.05, 0.1) is 5.71 Å². The Bertz CT molecular complexity index is 710. The van der Waals surface area contributed by atoms with Gasteiger partial charge in [-0.25, -0.2) is 0 Å². The number of hydrogen-bond donors (Lipinski definition) is 1. The van der Waals surface area contributed by atoms with Crippen molar-refractivity contribution in [1.82, 2.24) is 5.32 Å². The number of Topliss-reactive ketones (excluding diaryl/α,β-unsaturated/α-hetero) is 1. The number of terminal acetylenes is 1. The molecule has 4 fully saturated rings. The molecule has 0 aromatic carbocycles. The normalized spacial score (nSPS) is 45.2. The van der Waals surface area contributed by atoms with Crippen molar-refractivity contribution in [1.29, 1.82) is 0 Å². The summed E-state index contributed by atoms with van der Waals surface area (Å²) in [5.74, 6) is 6.38. The fraction of sp³-hybridized carbons (Fsp3) is 0.840. The molecule has 0 amide bonds. The lowest BCUT2D eigenvalue weighted by Gasteiger charge is -2.61. The molecule has 4 aliphatic rings. The van der Waals surface area contributed by atoms with Gasteiger partial charge in [-0.2, -0.15) is 0 Å². The Balaban J connectivity index is 1.51. The minimum Gasteiger partial charge on any atom is -0.396 e. The maximum atomic E-state index is 12.7. The highest BCUT2D eigenvalue weighted by Crippen LogP contribution is 2.66. The van der Waals surface area contributed by atoms with E-state index in [0.29, 0.717) is 42.0 Å². The van der Waals surface area contributed by atoms with Crippen LogP contribution in [0.2, 0.25) is 0 Å². The van der Waals surface area contributed by atoms with E-state index >= 15 is 0 Å². The Morgan fingerprint density at radius 1 is 1.21 bits per heavy atom. The fourth-order valence-corrected chi connectivity index (χ4v) is 7.63. The van der Waals surface area contributed by atoms with Crippen LogP contribution in [0, 0.1) is 52.8 Å². The zero-order valence-electron chi connectivity index (χ0n) is 18.5. The molecule has 0 heterocycles. The Hall–Kier alpha value is -1.34. The molecule has 29 heavy (non-hydrogen) atoms. The van der Waals surface area contributed by atoms with E-state index in [2.05, 4.69) is 30.2 Å². The monoisotopic (exact) mass is 398 g/mol. The first-order valence-electron chi connectivity index (χ1n) is 11.8. The molecule has 0 aliphatic heterocycles. The van der Waals surface area contributed by atoms with E-state index in [9.17, 15) is 4.79 Å². The largest absolute Gasteiger partial charge is 0.396 e. The van der Waals surface area contributed by atoms with Gasteiger partial charge in [-0.1, -0.05) is 19.0 Å². The van der Waals surface area contributed by atoms with Crippen LogP contribution in [-0.4, -0.2) is 31.7 Å².